The summed E-state index contributed by atoms with van der Waals surface area (Å²) < 4.78 is 0. The standard InChI is InChI=1S/C20H18O4S/c21-19(22)17(11-15-7-3-1-4-8-15)13-25-14-18(20(23)24)12-16-9-5-2-6-10-16/h1-12H,13-14H2,(H,21,22)(H,23,24). The van der Waals surface area contributed by atoms with E-state index in [1.54, 1.807) is 12.2 Å². The number of carbonyl (C=O) groups is 2. The molecule has 0 aliphatic heterocycles. The molecule has 0 bridgehead atoms. The highest BCUT2D eigenvalue weighted by atomic mass is 32.2. The molecule has 128 valence electrons. The molecule has 0 saturated carbocycles. The van der Waals surface area contributed by atoms with E-state index >= 15 is 0 Å². The largest absolute Gasteiger partial charge is 0.478 e. The van der Waals surface area contributed by atoms with Crippen LogP contribution in [0.1, 0.15) is 11.1 Å². The zero-order valence-corrected chi connectivity index (χ0v) is 14.3. The van der Waals surface area contributed by atoms with Crippen LogP contribution in [0.4, 0.5) is 0 Å². The molecule has 5 heteroatoms. The first-order valence-corrected chi connectivity index (χ1v) is 8.77. The molecule has 0 aromatic heterocycles. The highest BCUT2D eigenvalue weighted by molar-refractivity contribution is 7.99. The van der Waals surface area contributed by atoms with E-state index in [-0.39, 0.29) is 22.7 Å². The topological polar surface area (TPSA) is 74.6 Å². The van der Waals surface area contributed by atoms with E-state index in [1.165, 1.54) is 11.8 Å². The van der Waals surface area contributed by atoms with E-state index in [4.69, 9.17) is 0 Å². The number of benzene rings is 2. The number of hydrogen-bond donors (Lipinski definition) is 2. The van der Waals surface area contributed by atoms with Gasteiger partial charge >= 0.3 is 11.9 Å². The first-order valence-electron chi connectivity index (χ1n) is 7.62. The molecule has 4 nitrogen and oxygen atoms in total. The third-order valence-corrected chi connectivity index (χ3v) is 4.38. The molecule has 0 radical (unpaired) electrons. The zero-order valence-electron chi connectivity index (χ0n) is 13.5. The van der Waals surface area contributed by atoms with Crippen LogP contribution >= 0.6 is 11.8 Å². The second-order valence-corrected chi connectivity index (χ2v) is 6.25. The second kappa shape index (κ2) is 9.49. The maximum Gasteiger partial charge on any atom is 0.332 e. The Morgan fingerprint density at radius 1 is 0.720 bits per heavy atom. The molecule has 0 amide bonds. The molecule has 0 heterocycles. The van der Waals surface area contributed by atoms with Gasteiger partial charge in [-0.25, -0.2) is 9.59 Å². The maximum absolute atomic E-state index is 11.4. The van der Waals surface area contributed by atoms with Gasteiger partial charge in [-0.1, -0.05) is 60.7 Å². The summed E-state index contributed by atoms with van der Waals surface area (Å²) in [7, 11) is 0. The maximum atomic E-state index is 11.4. The van der Waals surface area contributed by atoms with Crippen LogP contribution in [0, 0.1) is 0 Å². The number of aliphatic carboxylic acids is 2. The van der Waals surface area contributed by atoms with Gasteiger partial charge in [-0.05, 0) is 23.3 Å². The minimum atomic E-state index is -1.000. The lowest BCUT2D eigenvalue weighted by Gasteiger charge is -2.05. The SMILES string of the molecule is O=C(O)C(=Cc1ccccc1)CSCC(=Cc1ccccc1)C(=O)O. The summed E-state index contributed by atoms with van der Waals surface area (Å²) in [5, 5.41) is 18.7. The quantitative estimate of drug-likeness (QED) is 0.700. The van der Waals surface area contributed by atoms with Crippen molar-refractivity contribution in [1.29, 1.82) is 0 Å². The van der Waals surface area contributed by atoms with Crippen molar-refractivity contribution in [2.24, 2.45) is 0 Å². The van der Waals surface area contributed by atoms with Crippen LogP contribution in [0.2, 0.25) is 0 Å². The summed E-state index contributed by atoms with van der Waals surface area (Å²) >= 11 is 1.27. The minimum absolute atomic E-state index is 0.226. The van der Waals surface area contributed by atoms with E-state index in [0.29, 0.717) is 0 Å². The van der Waals surface area contributed by atoms with Crippen molar-refractivity contribution in [2.75, 3.05) is 11.5 Å². The number of hydrogen-bond acceptors (Lipinski definition) is 3. The van der Waals surface area contributed by atoms with Crippen molar-refractivity contribution in [3.63, 3.8) is 0 Å². The number of carboxylic acid groups (broad SMARTS) is 2. The second-order valence-electron chi connectivity index (χ2n) is 5.26. The van der Waals surface area contributed by atoms with Crippen LogP contribution < -0.4 is 0 Å². The Morgan fingerprint density at radius 3 is 1.40 bits per heavy atom. The van der Waals surface area contributed by atoms with Gasteiger partial charge in [0.2, 0.25) is 0 Å². The van der Waals surface area contributed by atoms with Crippen LogP contribution in [-0.4, -0.2) is 33.7 Å². The van der Waals surface area contributed by atoms with Crippen LogP contribution in [0.15, 0.2) is 71.8 Å². The number of thioether (sulfide) groups is 1. The lowest BCUT2D eigenvalue weighted by atomic mass is 10.1. The van der Waals surface area contributed by atoms with Crippen molar-refractivity contribution >= 4 is 35.9 Å². The molecular weight excluding hydrogens is 336 g/mol. The average Bonchev–Trinajstić information content (AvgIpc) is 2.61. The van der Waals surface area contributed by atoms with Crippen LogP contribution in [0.3, 0.4) is 0 Å². The smallest absolute Gasteiger partial charge is 0.332 e. The van der Waals surface area contributed by atoms with Crippen molar-refractivity contribution in [3.8, 4) is 0 Å². The van der Waals surface area contributed by atoms with E-state index in [1.807, 2.05) is 60.7 Å². The molecule has 0 fully saturated rings. The third-order valence-electron chi connectivity index (χ3n) is 3.35. The first-order chi connectivity index (χ1) is 12.1. The summed E-state index contributed by atoms with van der Waals surface area (Å²) in [6.45, 7) is 0. The Bertz CT molecular complexity index is 712. The number of carboxylic acids is 2. The predicted octanol–water partition coefficient (Wildman–Crippen LogP) is 4.06. The Morgan fingerprint density at radius 2 is 1.08 bits per heavy atom. The fourth-order valence-electron chi connectivity index (χ4n) is 2.10. The molecule has 0 unspecified atom stereocenters. The molecule has 2 rings (SSSR count). The van der Waals surface area contributed by atoms with Gasteiger partial charge in [0.05, 0.1) is 0 Å². The predicted molar refractivity (Wildman–Crippen MR) is 101 cm³/mol. The molecule has 25 heavy (non-hydrogen) atoms. The summed E-state index contributed by atoms with van der Waals surface area (Å²) in [4.78, 5) is 22.8. The summed E-state index contributed by atoms with van der Waals surface area (Å²) in [6.07, 6.45) is 3.22. The van der Waals surface area contributed by atoms with Gasteiger partial charge in [0, 0.05) is 22.7 Å². The molecule has 0 atom stereocenters. The van der Waals surface area contributed by atoms with E-state index < -0.39 is 11.9 Å². The van der Waals surface area contributed by atoms with Gasteiger partial charge < -0.3 is 10.2 Å². The lowest BCUT2D eigenvalue weighted by Crippen LogP contribution is -2.07. The fourth-order valence-corrected chi connectivity index (χ4v) is 3.06. The summed E-state index contributed by atoms with van der Waals surface area (Å²) in [5.41, 5.74) is 2.08. The first kappa shape index (κ1) is 18.5. The van der Waals surface area contributed by atoms with Crippen molar-refractivity contribution in [1.82, 2.24) is 0 Å². The molecule has 0 aliphatic carbocycles. The van der Waals surface area contributed by atoms with Crippen LogP contribution in [-0.2, 0) is 9.59 Å². The molecule has 2 aromatic carbocycles. The van der Waals surface area contributed by atoms with Crippen molar-refractivity contribution < 1.29 is 19.8 Å². The third kappa shape index (κ3) is 6.31. The normalized spacial score (nSPS) is 12.0. The van der Waals surface area contributed by atoms with Crippen molar-refractivity contribution in [2.45, 2.75) is 0 Å². The lowest BCUT2D eigenvalue weighted by molar-refractivity contribution is -0.133. The summed E-state index contributed by atoms with van der Waals surface area (Å²) in [6, 6.07) is 18.4. The molecular formula is C20H18O4S. The van der Waals surface area contributed by atoms with Gasteiger partial charge in [0.1, 0.15) is 0 Å². The number of rotatable bonds is 8. The van der Waals surface area contributed by atoms with Gasteiger partial charge in [-0.15, -0.1) is 0 Å². The van der Waals surface area contributed by atoms with Gasteiger partial charge in [0.25, 0.3) is 0 Å². The average molecular weight is 354 g/mol. The van der Waals surface area contributed by atoms with Gasteiger partial charge in [-0.2, -0.15) is 11.8 Å². The highest BCUT2D eigenvalue weighted by Gasteiger charge is 2.11. The van der Waals surface area contributed by atoms with Crippen LogP contribution in [0.5, 0.6) is 0 Å². The van der Waals surface area contributed by atoms with E-state index in [0.717, 1.165) is 11.1 Å². The fraction of sp³-hybridized carbons (Fsp3) is 0.100. The zero-order chi connectivity index (χ0) is 18.1. The molecule has 0 aliphatic rings. The van der Waals surface area contributed by atoms with Gasteiger partial charge in [0.15, 0.2) is 0 Å². The Hall–Kier alpha value is -2.79. The Labute approximate surface area is 150 Å². The van der Waals surface area contributed by atoms with Crippen LogP contribution in [0.25, 0.3) is 12.2 Å². The van der Waals surface area contributed by atoms with E-state index in [9.17, 15) is 19.8 Å². The highest BCUT2D eigenvalue weighted by Crippen LogP contribution is 2.17. The Balaban J connectivity index is 2.05. The molecule has 0 spiro atoms. The Kier molecular flexibility index (Phi) is 7.04. The van der Waals surface area contributed by atoms with E-state index in [2.05, 4.69) is 0 Å². The molecule has 2 N–H and O–H groups in total. The molecule has 2 aromatic rings. The van der Waals surface area contributed by atoms with Gasteiger partial charge in [-0.3, -0.25) is 0 Å². The monoisotopic (exact) mass is 354 g/mol. The minimum Gasteiger partial charge on any atom is -0.478 e. The van der Waals surface area contributed by atoms with Crippen molar-refractivity contribution in [3.05, 3.63) is 82.9 Å². The summed E-state index contributed by atoms with van der Waals surface area (Å²) in [5.74, 6) is -1.55. The molecule has 0 saturated heterocycles.